The Labute approximate surface area is 68.3 Å². The highest BCUT2D eigenvalue weighted by Gasteiger charge is 1.99. The van der Waals surface area contributed by atoms with Crippen LogP contribution in [0.1, 0.15) is 22.3 Å². The summed E-state index contributed by atoms with van der Waals surface area (Å²) in [5.74, 6) is 2.41. The highest BCUT2D eigenvalue weighted by Crippen LogP contribution is 2.15. The highest BCUT2D eigenvalue weighted by atomic mass is 14.0. The summed E-state index contributed by atoms with van der Waals surface area (Å²) in [6, 6.07) is 3.96. The molecular weight excluding hydrogens is 132 g/mol. The molecule has 0 saturated heterocycles. The fourth-order valence-electron chi connectivity index (χ4n) is 1.09. The SMILES string of the molecule is [C]#Cc1ccc(C)c(C)c1C. The molecule has 0 unspecified atom stereocenters. The maximum absolute atomic E-state index is 7.00. The predicted molar refractivity (Wildman–Crippen MR) is 46.9 cm³/mol. The smallest absolute Gasteiger partial charge is 0.0287 e. The molecule has 0 amide bonds. The molecule has 0 heteroatoms. The summed E-state index contributed by atoms with van der Waals surface area (Å²) in [4.78, 5) is 0. The summed E-state index contributed by atoms with van der Waals surface area (Å²) in [6.07, 6.45) is 7.00. The van der Waals surface area contributed by atoms with Crippen molar-refractivity contribution in [3.63, 3.8) is 0 Å². The second kappa shape index (κ2) is 2.80. The molecule has 0 atom stereocenters. The Kier molecular flexibility index (Phi) is 2.01. The second-order valence-corrected chi connectivity index (χ2v) is 2.81. The number of benzene rings is 1. The molecule has 1 aromatic rings. The summed E-state index contributed by atoms with van der Waals surface area (Å²) in [6.45, 7) is 6.18. The van der Waals surface area contributed by atoms with Crippen LogP contribution in [0.4, 0.5) is 0 Å². The van der Waals surface area contributed by atoms with Gasteiger partial charge in [0.1, 0.15) is 0 Å². The van der Waals surface area contributed by atoms with Gasteiger partial charge in [-0.15, -0.1) is 0 Å². The van der Waals surface area contributed by atoms with Crippen LogP contribution in [0, 0.1) is 33.1 Å². The lowest BCUT2D eigenvalue weighted by atomic mass is 9.99. The van der Waals surface area contributed by atoms with E-state index in [0.29, 0.717) is 0 Å². The molecule has 55 valence electrons. The summed E-state index contributed by atoms with van der Waals surface area (Å²) in [5, 5.41) is 0. The first-order chi connectivity index (χ1) is 5.16. The Hall–Kier alpha value is -1.22. The third kappa shape index (κ3) is 1.28. The lowest BCUT2D eigenvalue weighted by Crippen LogP contribution is -1.89. The van der Waals surface area contributed by atoms with Gasteiger partial charge in [-0.05, 0) is 50.0 Å². The van der Waals surface area contributed by atoms with Crippen LogP contribution in [0.15, 0.2) is 12.1 Å². The van der Waals surface area contributed by atoms with Crippen molar-refractivity contribution in [2.75, 3.05) is 0 Å². The first-order valence-corrected chi connectivity index (χ1v) is 3.66. The molecule has 0 aromatic heterocycles. The molecule has 1 radical (unpaired) electrons. The number of rotatable bonds is 0. The van der Waals surface area contributed by atoms with Gasteiger partial charge in [-0.25, -0.2) is 0 Å². The molecule has 0 aliphatic heterocycles. The first-order valence-electron chi connectivity index (χ1n) is 3.66. The Morgan fingerprint density at radius 1 is 1.09 bits per heavy atom. The van der Waals surface area contributed by atoms with Crippen molar-refractivity contribution in [3.8, 4) is 5.92 Å². The van der Waals surface area contributed by atoms with E-state index in [0.717, 1.165) is 5.56 Å². The molecule has 0 spiro atoms. The topological polar surface area (TPSA) is 0 Å². The maximum atomic E-state index is 7.00. The fourth-order valence-corrected chi connectivity index (χ4v) is 1.09. The van der Waals surface area contributed by atoms with Crippen molar-refractivity contribution in [1.29, 1.82) is 0 Å². The molecule has 0 aliphatic rings. The molecule has 0 saturated carbocycles. The fraction of sp³-hybridized carbons (Fsp3) is 0.273. The van der Waals surface area contributed by atoms with Gasteiger partial charge in [0.25, 0.3) is 0 Å². The number of hydrogen-bond donors (Lipinski definition) is 0. The van der Waals surface area contributed by atoms with E-state index in [1.54, 1.807) is 0 Å². The van der Waals surface area contributed by atoms with Crippen LogP contribution >= 0.6 is 0 Å². The molecule has 11 heavy (non-hydrogen) atoms. The molecule has 1 rings (SSSR count). The van der Waals surface area contributed by atoms with Gasteiger partial charge in [0.2, 0.25) is 0 Å². The number of hydrogen-bond acceptors (Lipinski definition) is 0. The van der Waals surface area contributed by atoms with Gasteiger partial charge >= 0.3 is 0 Å². The van der Waals surface area contributed by atoms with Crippen LogP contribution < -0.4 is 0 Å². The van der Waals surface area contributed by atoms with E-state index in [9.17, 15) is 0 Å². The molecule has 0 nitrogen and oxygen atoms in total. The van der Waals surface area contributed by atoms with E-state index in [4.69, 9.17) is 6.42 Å². The van der Waals surface area contributed by atoms with Crippen molar-refractivity contribution < 1.29 is 0 Å². The van der Waals surface area contributed by atoms with Crippen LogP contribution in [0.3, 0.4) is 0 Å². The Bertz CT molecular complexity index is 314. The van der Waals surface area contributed by atoms with Crippen LogP contribution in [-0.4, -0.2) is 0 Å². The summed E-state index contributed by atoms with van der Waals surface area (Å²) >= 11 is 0. The minimum absolute atomic E-state index is 0.896. The molecule has 0 N–H and O–H groups in total. The lowest BCUT2D eigenvalue weighted by Gasteiger charge is -2.05. The van der Waals surface area contributed by atoms with Crippen LogP contribution in [0.2, 0.25) is 0 Å². The first kappa shape index (κ1) is 7.88. The molecule has 1 aromatic carbocycles. The van der Waals surface area contributed by atoms with Gasteiger partial charge < -0.3 is 0 Å². The second-order valence-electron chi connectivity index (χ2n) is 2.81. The summed E-state index contributed by atoms with van der Waals surface area (Å²) in [7, 11) is 0. The Balaban J connectivity index is 3.40. The third-order valence-corrected chi connectivity index (χ3v) is 2.19. The van der Waals surface area contributed by atoms with Crippen molar-refractivity contribution in [2.24, 2.45) is 0 Å². The van der Waals surface area contributed by atoms with Crippen molar-refractivity contribution in [2.45, 2.75) is 20.8 Å². The van der Waals surface area contributed by atoms with E-state index in [-0.39, 0.29) is 0 Å². The molecule has 0 aliphatic carbocycles. The molecule has 0 fully saturated rings. The zero-order valence-corrected chi connectivity index (χ0v) is 7.15. The Morgan fingerprint density at radius 2 is 1.73 bits per heavy atom. The minimum Gasteiger partial charge on any atom is -0.0578 e. The standard InChI is InChI=1S/C11H11/c1-5-11-7-6-8(2)9(3)10(11)4/h6-7H,2-4H3. The quantitative estimate of drug-likeness (QED) is 0.489. The average molecular weight is 143 g/mol. The van der Waals surface area contributed by atoms with E-state index in [1.807, 2.05) is 19.1 Å². The van der Waals surface area contributed by atoms with E-state index >= 15 is 0 Å². The van der Waals surface area contributed by atoms with Gasteiger partial charge in [0, 0.05) is 5.56 Å². The lowest BCUT2D eigenvalue weighted by molar-refractivity contribution is 1.25. The summed E-state index contributed by atoms with van der Waals surface area (Å²) in [5.41, 5.74) is 4.61. The van der Waals surface area contributed by atoms with E-state index < -0.39 is 0 Å². The zero-order valence-electron chi connectivity index (χ0n) is 7.15. The van der Waals surface area contributed by atoms with Crippen LogP contribution in [0.25, 0.3) is 0 Å². The van der Waals surface area contributed by atoms with Gasteiger partial charge in [-0.3, -0.25) is 0 Å². The minimum atomic E-state index is 0.896. The molecule has 0 heterocycles. The summed E-state index contributed by atoms with van der Waals surface area (Å²) < 4.78 is 0. The van der Waals surface area contributed by atoms with Gasteiger partial charge in [-0.2, -0.15) is 0 Å². The molecule has 0 bridgehead atoms. The van der Waals surface area contributed by atoms with Gasteiger partial charge in [0.05, 0.1) is 0 Å². The van der Waals surface area contributed by atoms with Gasteiger partial charge in [0.15, 0.2) is 0 Å². The van der Waals surface area contributed by atoms with Crippen LogP contribution in [0.5, 0.6) is 0 Å². The number of aryl methyl sites for hydroxylation is 1. The van der Waals surface area contributed by atoms with Crippen LogP contribution in [-0.2, 0) is 0 Å². The Morgan fingerprint density at radius 3 is 2.27 bits per heavy atom. The highest BCUT2D eigenvalue weighted by molar-refractivity contribution is 5.45. The molecular formula is C11H11. The predicted octanol–water partition coefficient (Wildman–Crippen LogP) is 2.55. The van der Waals surface area contributed by atoms with E-state index in [1.165, 1.54) is 16.7 Å². The largest absolute Gasteiger partial charge is 0.0578 e. The third-order valence-electron chi connectivity index (χ3n) is 2.19. The zero-order chi connectivity index (χ0) is 8.43. The maximum Gasteiger partial charge on any atom is 0.0287 e. The van der Waals surface area contributed by atoms with Crippen molar-refractivity contribution >= 4 is 0 Å². The van der Waals surface area contributed by atoms with Gasteiger partial charge in [-0.1, -0.05) is 12.0 Å². The normalized spacial score (nSPS) is 9.27. The van der Waals surface area contributed by atoms with Crippen molar-refractivity contribution in [3.05, 3.63) is 40.8 Å². The average Bonchev–Trinajstić information content (AvgIpc) is 2.01. The monoisotopic (exact) mass is 143 g/mol. The van der Waals surface area contributed by atoms with Crippen molar-refractivity contribution in [1.82, 2.24) is 0 Å². The van der Waals surface area contributed by atoms with E-state index in [2.05, 4.69) is 19.8 Å².